The third kappa shape index (κ3) is 3.59. The highest BCUT2D eigenvalue weighted by molar-refractivity contribution is 9.10. The number of sulfonamides is 1. The molecule has 0 unspecified atom stereocenters. The second-order valence-corrected chi connectivity index (χ2v) is 8.42. The summed E-state index contributed by atoms with van der Waals surface area (Å²) < 4.78 is 26.0. The van der Waals surface area contributed by atoms with Gasteiger partial charge in [0.1, 0.15) is 5.82 Å². The Balaban J connectivity index is 1.85. The summed E-state index contributed by atoms with van der Waals surface area (Å²) in [6.07, 6.45) is 4.28. The van der Waals surface area contributed by atoms with Gasteiger partial charge in [-0.25, -0.2) is 13.4 Å². The molecule has 3 rings (SSSR count). The van der Waals surface area contributed by atoms with E-state index in [1.807, 2.05) is 0 Å². The quantitative estimate of drug-likeness (QED) is 0.844. The van der Waals surface area contributed by atoms with Crippen LogP contribution in [0.25, 0.3) is 0 Å². The van der Waals surface area contributed by atoms with Crippen molar-refractivity contribution in [3.63, 3.8) is 0 Å². The van der Waals surface area contributed by atoms with Crippen LogP contribution in [0.4, 0.5) is 11.5 Å². The van der Waals surface area contributed by atoms with E-state index in [2.05, 4.69) is 26.2 Å². The summed E-state index contributed by atoms with van der Waals surface area (Å²) in [7, 11) is -3.31. The SMILES string of the molecule is CS(=O)(=O)N1CCCc2cc(C(=O)Nc3ccc(Br)cn3)ccc21. The van der Waals surface area contributed by atoms with E-state index in [0.29, 0.717) is 23.6 Å². The maximum atomic E-state index is 12.4. The number of anilines is 2. The standard InChI is InChI=1S/C16H16BrN3O3S/c1-24(22,23)20-8-2-3-11-9-12(4-6-14(11)20)16(21)19-15-7-5-13(17)10-18-15/h4-7,9-10H,2-3,8H2,1H3,(H,18,19,21). The van der Waals surface area contributed by atoms with Crippen molar-refractivity contribution in [3.8, 4) is 0 Å². The Morgan fingerprint density at radius 1 is 1.29 bits per heavy atom. The van der Waals surface area contributed by atoms with Crippen molar-refractivity contribution in [2.45, 2.75) is 12.8 Å². The number of nitrogens with zero attached hydrogens (tertiary/aromatic N) is 2. The van der Waals surface area contributed by atoms with Crippen LogP contribution in [-0.2, 0) is 16.4 Å². The lowest BCUT2D eigenvalue weighted by Crippen LogP contribution is -2.34. The minimum Gasteiger partial charge on any atom is -0.307 e. The molecular formula is C16H16BrN3O3S. The topological polar surface area (TPSA) is 79.4 Å². The molecule has 0 aliphatic carbocycles. The van der Waals surface area contributed by atoms with Gasteiger partial charge in [0.25, 0.3) is 5.91 Å². The molecular weight excluding hydrogens is 394 g/mol. The summed E-state index contributed by atoms with van der Waals surface area (Å²) in [5, 5.41) is 2.73. The van der Waals surface area contributed by atoms with Gasteiger partial charge in [0, 0.05) is 22.8 Å². The van der Waals surface area contributed by atoms with E-state index in [0.717, 1.165) is 22.9 Å². The fourth-order valence-electron chi connectivity index (χ4n) is 2.69. The zero-order valence-corrected chi connectivity index (χ0v) is 15.4. The van der Waals surface area contributed by atoms with Crippen LogP contribution in [0.1, 0.15) is 22.3 Å². The second-order valence-electron chi connectivity index (χ2n) is 5.60. The molecule has 1 aliphatic heterocycles. The number of nitrogens with one attached hydrogen (secondary N) is 1. The van der Waals surface area contributed by atoms with Gasteiger partial charge in [-0.3, -0.25) is 9.10 Å². The van der Waals surface area contributed by atoms with Crippen LogP contribution < -0.4 is 9.62 Å². The first-order valence-corrected chi connectivity index (χ1v) is 10.0. The molecule has 1 aromatic carbocycles. The number of pyridine rings is 1. The van der Waals surface area contributed by atoms with Gasteiger partial charge in [0.15, 0.2) is 0 Å². The summed E-state index contributed by atoms with van der Waals surface area (Å²) in [4.78, 5) is 16.5. The minimum absolute atomic E-state index is 0.274. The molecule has 8 heteroatoms. The number of fused-ring (bicyclic) bond motifs is 1. The Morgan fingerprint density at radius 3 is 2.75 bits per heavy atom. The molecule has 0 radical (unpaired) electrons. The van der Waals surface area contributed by atoms with Crippen LogP contribution in [0.3, 0.4) is 0 Å². The molecule has 0 atom stereocenters. The van der Waals surface area contributed by atoms with Crippen LogP contribution in [0.15, 0.2) is 41.0 Å². The molecule has 24 heavy (non-hydrogen) atoms. The first-order valence-electron chi connectivity index (χ1n) is 7.38. The van der Waals surface area contributed by atoms with Gasteiger partial charge in [0.05, 0.1) is 11.9 Å². The van der Waals surface area contributed by atoms with E-state index in [1.54, 1.807) is 36.5 Å². The number of halogens is 1. The molecule has 1 N–H and O–H groups in total. The number of carbonyl (C=O) groups is 1. The lowest BCUT2D eigenvalue weighted by molar-refractivity contribution is 0.102. The van der Waals surface area contributed by atoms with Crippen molar-refractivity contribution >= 4 is 43.4 Å². The van der Waals surface area contributed by atoms with Crippen LogP contribution >= 0.6 is 15.9 Å². The van der Waals surface area contributed by atoms with Gasteiger partial charge in [-0.15, -0.1) is 0 Å². The summed E-state index contributed by atoms with van der Waals surface area (Å²) in [6.45, 7) is 0.472. The Kier molecular flexibility index (Phi) is 4.60. The average molecular weight is 410 g/mol. The molecule has 1 amide bonds. The van der Waals surface area contributed by atoms with Gasteiger partial charge in [-0.1, -0.05) is 0 Å². The predicted molar refractivity (Wildman–Crippen MR) is 96.8 cm³/mol. The molecule has 6 nitrogen and oxygen atoms in total. The highest BCUT2D eigenvalue weighted by Crippen LogP contribution is 2.30. The van der Waals surface area contributed by atoms with Crippen molar-refractivity contribution in [1.29, 1.82) is 0 Å². The van der Waals surface area contributed by atoms with Gasteiger partial charge < -0.3 is 5.32 Å². The Hall–Kier alpha value is -1.93. The monoisotopic (exact) mass is 409 g/mol. The summed E-state index contributed by atoms with van der Waals surface area (Å²) >= 11 is 3.29. The number of hydrogen-bond donors (Lipinski definition) is 1. The first-order chi connectivity index (χ1) is 11.3. The van der Waals surface area contributed by atoms with Crippen LogP contribution in [0, 0.1) is 0 Å². The lowest BCUT2D eigenvalue weighted by atomic mass is 10.0. The van der Waals surface area contributed by atoms with Gasteiger partial charge in [0.2, 0.25) is 10.0 Å². The minimum atomic E-state index is -3.31. The van der Waals surface area contributed by atoms with Crippen LogP contribution in [-0.4, -0.2) is 32.1 Å². The Bertz CT molecular complexity index is 882. The highest BCUT2D eigenvalue weighted by Gasteiger charge is 2.24. The number of amides is 1. The third-order valence-electron chi connectivity index (χ3n) is 3.79. The summed E-state index contributed by atoms with van der Waals surface area (Å²) in [6, 6.07) is 8.57. The lowest BCUT2D eigenvalue weighted by Gasteiger charge is -2.29. The van der Waals surface area contributed by atoms with Crippen molar-refractivity contribution in [2.24, 2.45) is 0 Å². The third-order valence-corrected chi connectivity index (χ3v) is 5.44. The Labute approximate surface area is 149 Å². The van der Waals surface area contributed by atoms with Crippen molar-refractivity contribution < 1.29 is 13.2 Å². The van der Waals surface area contributed by atoms with Crippen LogP contribution in [0.5, 0.6) is 0 Å². The number of aromatic nitrogens is 1. The van der Waals surface area contributed by atoms with E-state index < -0.39 is 10.0 Å². The molecule has 0 saturated heterocycles. The van der Waals surface area contributed by atoms with E-state index >= 15 is 0 Å². The fourth-order valence-corrected chi connectivity index (χ4v) is 3.92. The average Bonchev–Trinajstić information content (AvgIpc) is 2.55. The van der Waals surface area contributed by atoms with Gasteiger partial charge in [-0.2, -0.15) is 0 Å². The first kappa shape index (κ1) is 16.9. The normalized spacial score (nSPS) is 14.2. The van der Waals surface area contributed by atoms with Crippen LogP contribution in [0.2, 0.25) is 0 Å². The largest absolute Gasteiger partial charge is 0.307 e. The van der Waals surface area contributed by atoms with E-state index in [4.69, 9.17) is 0 Å². The molecule has 2 aromatic rings. The number of hydrogen-bond acceptors (Lipinski definition) is 4. The summed E-state index contributed by atoms with van der Waals surface area (Å²) in [5.74, 6) is 0.183. The molecule has 126 valence electrons. The maximum absolute atomic E-state index is 12.4. The molecule has 0 saturated carbocycles. The number of rotatable bonds is 3. The molecule has 0 fully saturated rings. The number of carbonyl (C=O) groups excluding carboxylic acids is 1. The number of benzene rings is 1. The zero-order chi connectivity index (χ0) is 17.3. The van der Waals surface area contributed by atoms with Gasteiger partial charge >= 0.3 is 0 Å². The van der Waals surface area contributed by atoms with Gasteiger partial charge in [-0.05, 0) is 64.7 Å². The van der Waals surface area contributed by atoms with E-state index in [-0.39, 0.29) is 5.91 Å². The Morgan fingerprint density at radius 2 is 2.08 bits per heavy atom. The van der Waals surface area contributed by atoms with Crippen molar-refractivity contribution in [3.05, 3.63) is 52.1 Å². The number of aryl methyl sites for hydroxylation is 1. The van der Waals surface area contributed by atoms with Crippen molar-refractivity contribution in [1.82, 2.24) is 4.98 Å². The molecule has 2 heterocycles. The van der Waals surface area contributed by atoms with E-state index in [9.17, 15) is 13.2 Å². The smallest absolute Gasteiger partial charge is 0.256 e. The molecule has 1 aliphatic rings. The highest BCUT2D eigenvalue weighted by atomic mass is 79.9. The van der Waals surface area contributed by atoms with Crippen molar-refractivity contribution in [2.75, 3.05) is 22.4 Å². The second kappa shape index (κ2) is 6.52. The molecule has 0 spiro atoms. The molecule has 1 aromatic heterocycles. The summed E-state index contributed by atoms with van der Waals surface area (Å²) in [5.41, 5.74) is 2.00. The fraction of sp³-hybridized carbons (Fsp3) is 0.250. The van der Waals surface area contributed by atoms with E-state index in [1.165, 1.54) is 10.6 Å². The zero-order valence-electron chi connectivity index (χ0n) is 13.0. The molecule has 0 bridgehead atoms. The predicted octanol–water partition coefficient (Wildman–Crippen LogP) is 2.81. The maximum Gasteiger partial charge on any atom is 0.256 e.